The van der Waals surface area contributed by atoms with Crippen LogP contribution in [0.4, 0.5) is 0 Å². The van der Waals surface area contributed by atoms with Crippen LogP contribution in [0.2, 0.25) is 10.0 Å². The third kappa shape index (κ3) is 2.78. The quantitative estimate of drug-likeness (QED) is 0.813. The van der Waals surface area contributed by atoms with Crippen molar-refractivity contribution in [1.29, 1.82) is 0 Å². The van der Waals surface area contributed by atoms with Gasteiger partial charge in [-0.2, -0.15) is 5.10 Å². The third-order valence-corrected chi connectivity index (χ3v) is 2.86. The number of halogens is 2. The second-order valence-corrected chi connectivity index (χ2v) is 4.42. The van der Waals surface area contributed by atoms with Crippen LogP contribution in [0.1, 0.15) is 10.4 Å². The van der Waals surface area contributed by atoms with E-state index in [4.69, 9.17) is 23.2 Å². The van der Waals surface area contributed by atoms with Gasteiger partial charge >= 0.3 is 0 Å². The average Bonchev–Trinajstić information content (AvgIpc) is 2.36. The first-order chi connectivity index (χ1) is 8.58. The van der Waals surface area contributed by atoms with Crippen LogP contribution in [-0.2, 0) is 6.54 Å². The van der Waals surface area contributed by atoms with Crippen molar-refractivity contribution in [3.05, 3.63) is 62.5 Å². The molecule has 1 aromatic carbocycles. The molecule has 0 radical (unpaired) electrons. The zero-order valence-corrected chi connectivity index (χ0v) is 10.6. The van der Waals surface area contributed by atoms with Crippen LogP contribution in [0.15, 0.2) is 41.3 Å². The molecular weight excluding hydrogens is 275 g/mol. The third-order valence-electron chi connectivity index (χ3n) is 2.33. The summed E-state index contributed by atoms with van der Waals surface area (Å²) in [6.07, 6.45) is 1.37. The lowest BCUT2D eigenvalue weighted by atomic mass is 10.1. The largest absolute Gasteiger partial charge is 0.292 e. The molecule has 0 amide bonds. The molecule has 0 fully saturated rings. The molecular formula is C12H8Cl2N2O2. The van der Waals surface area contributed by atoms with E-state index in [0.29, 0.717) is 10.6 Å². The zero-order valence-electron chi connectivity index (χ0n) is 9.14. The number of Topliss-reactive ketones (excluding diaryl/α,β-unsaturated/α-hetero) is 1. The van der Waals surface area contributed by atoms with Crippen molar-refractivity contribution in [1.82, 2.24) is 9.78 Å². The molecule has 0 aliphatic carbocycles. The van der Waals surface area contributed by atoms with E-state index in [9.17, 15) is 9.59 Å². The summed E-state index contributed by atoms with van der Waals surface area (Å²) in [6.45, 7) is -0.152. The lowest BCUT2D eigenvalue weighted by Gasteiger charge is -2.04. The van der Waals surface area contributed by atoms with Gasteiger partial charge in [0.25, 0.3) is 5.56 Å². The second kappa shape index (κ2) is 5.33. The van der Waals surface area contributed by atoms with Gasteiger partial charge in [-0.15, -0.1) is 0 Å². The second-order valence-electron chi connectivity index (χ2n) is 3.57. The predicted octanol–water partition coefficient (Wildman–Crippen LogP) is 2.43. The summed E-state index contributed by atoms with van der Waals surface area (Å²) in [5.74, 6) is -0.233. The Morgan fingerprint density at radius 2 is 1.83 bits per heavy atom. The van der Waals surface area contributed by atoms with E-state index in [-0.39, 0.29) is 17.4 Å². The Morgan fingerprint density at radius 1 is 1.17 bits per heavy atom. The fraction of sp³-hybridized carbons (Fsp3) is 0.0833. The van der Waals surface area contributed by atoms with Gasteiger partial charge in [-0.05, 0) is 30.3 Å². The van der Waals surface area contributed by atoms with Gasteiger partial charge in [0.15, 0.2) is 5.78 Å². The zero-order chi connectivity index (χ0) is 13.1. The van der Waals surface area contributed by atoms with Gasteiger partial charge < -0.3 is 0 Å². The summed E-state index contributed by atoms with van der Waals surface area (Å²) in [6, 6.07) is 7.81. The topological polar surface area (TPSA) is 52.0 Å². The number of carbonyl (C=O) groups excluding carboxylic acids is 1. The summed E-state index contributed by atoms with van der Waals surface area (Å²) >= 11 is 11.4. The van der Waals surface area contributed by atoms with Crippen LogP contribution < -0.4 is 5.56 Å². The molecule has 0 saturated carbocycles. The van der Waals surface area contributed by atoms with E-state index >= 15 is 0 Å². The van der Waals surface area contributed by atoms with E-state index in [1.165, 1.54) is 12.3 Å². The molecule has 0 spiro atoms. The van der Waals surface area contributed by atoms with Crippen LogP contribution in [0, 0.1) is 0 Å². The highest BCUT2D eigenvalue weighted by atomic mass is 35.5. The molecule has 2 aromatic rings. The Hall–Kier alpha value is -1.65. The van der Waals surface area contributed by atoms with Crippen molar-refractivity contribution < 1.29 is 4.79 Å². The van der Waals surface area contributed by atoms with Gasteiger partial charge in [-0.1, -0.05) is 23.2 Å². The van der Waals surface area contributed by atoms with Crippen molar-refractivity contribution in [2.24, 2.45) is 0 Å². The van der Waals surface area contributed by atoms with Crippen LogP contribution in [-0.4, -0.2) is 15.6 Å². The number of hydrogen-bond acceptors (Lipinski definition) is 3. The van der Waals surface area contributed by atoms with E-state index < -0.39 is 5.56 Å². The van der Waals surface area contributed by atoms with E-state index in [1.54, 1.807) is 24.3 Å². The molecule has 92 valence electrons. The number of aromatic nitrogens is 2. The highest BCUT2D eigenvalue weighted by Crippen LogP contribution is 2.10. The molecule has 1 heterocycles. The van der Waals surface area contributed by atoms with Gasteiger partial charge in [0.1, 0.15) is 11.6 Å². The van der Waals surface area contributed by atoms with Gasteiger partial charge in [-0.3, -0.25) is 9.59 Å². The molecule has 0 aliphatic rings. The molecule has 4 nitrogen and oxygen atoms in total. The molecule has 18 heavy (non-hydrogen) atoms. The normalized spacial score (nSPS) is 10.3. The Balaban J connectivity index is 2.24. The summed E-state index contributed by atoms with van der Waals surface area (Å²) < 4.78 is 1.03. The molecule has 2 rings (SSSR count). The maximum atomic E-state index is 11.9. The van der Waals surface area contributed by atoms with Crippen molar-refractivity contribution in [2.75, 3.05) is 0 Å². The molecule has 0 unspecified atom stereocenters. The lowest BCUT2D eigenvalue weighted by Crippen LogP contribution is -2.26. The molecule has 0 N–H and O–H groups in total. The number of hydrogen-bond donors (Lipinski definition) is 0. The van der Waals surface area contributed by atoms with Gasteiger partial charge in [-0.25, -0.2) is 4.68 Å². The Labute approximate surface area is 113 Å². The van der Waals surface area contributed by atoms with Crippen molar-refractivity contribution in [3.8, 4) is 0 Å². The maximum Gasteiger partial charge on any atom is 0.285 e. The SMILES string of the molecule is O=C(Cn1nccc(Cl)c1=O)c1ccc(Cl)cc1. The highest BCUT2D eigenvalue weighted by Gasteiger charge is 2.09. The predicted molar refractivity (Wildman–Crippen MR) is 69.3 cm³/mol. The fourth-order valence-corrected chi connectivity index (χ4v) is 1.68. The summed E-state index contributed by atoms with van der Waals surface area (Å²) in [5, 5.41) is 4.38. The molecule has 0 aliphatic heterocycles. The van der Waals surface area contributed by atoms with E-state index in [0.717, 1.165) is 4.68 Å². The van der Waals surface area contributed by atoms with Crippen LogP contribution in [0.25, 0.3) is 0 Å². The first-order valence-electron chi connectivity index (χ1n) is 5.08. The van der Waals surface area contributed by atoms with Gasteiger partial charge in [0, 0.05) is 16.8 Å². The van der Waals surface area contributed by atoms with Crippen LogP contribution in [0.5, 0.6) is 0 Å². The minimum atomic E-state index is -0.485. The molecule has 0 atom stereocenters. The first-order valence-corrected chi connectivity index (χ1v) is 5.84. The molecule has 1 aromatic heterocycles. The summed E-state index contributed by atoms with van der Waals surface area (Å²) in [7, 11) is 0. The summed E-state index contributed by atoms with van der Waals surface area (Å²) in [5.41, 5.74) is -0.0189. The number of nitrogens with zero attached hydrogens (tertiary/aromatic N) is 2. The van der Waals surface area contributed by atoms with Crippen molar-refractivity contribution in [3.63, 3.8) is 0 Å². The fourth-order valence-electron chi connectivity index (χ4n) is 1.40. The first kappa shape index (κ1) is 12.8. The lowest BCUT2D eigenvalue weighted by molar-refractivity contribution is 0.0965. The highest BCUT2D eigenvalue weighted by molar-refractivity contribution is 6.30. The van der Waals surface area contributed by atoms with Gasteiger partial charge in [0.2, 0.25) is 0 Å². The number of ketones is 1. The van der Waals surface area contributed by atoms with Gasteiger partial charge in [0.05, 0.1) is 0 Å². The minimum absolute atomic E-state index is 0.0360. The Morgan fingerprint density at radius 3 is 2.50 bits per heavy atom. The smallest absolute Gasteiger partial charge is 0.285 e. The Kier molecular flexibility index (Phi) is 3.79. The summed E-state index contributed by atoms with van der Waals surface area (Å²) in [4.78, 5) is 23.5. The number of rotatable bonds is 3. The number of carbonyl (C=O) groups is 1. The van der Waals surface area contributed by atoms with Crippen molar-refractivity contribution >= 4 is 29.0 Å². The van der Waals surface area contributed by atoms with E-state index in [1.807, 2.05) is 0 Å². The minimum Gasteiger partial charge on any atom is -0.292 e. The van der Waals surface area contributed by atoms with Crippen LogP contribution in [0.3, 0.4) is 0 Å². The van der Waals surface area contributed by atoms with Crippen molar-refractivity contribution in [2.45, 2.75) is 6.54 Å². The Bertz CT molecular complexity index is 635. The monoisotopic (exact) mass is 282 g/mol. The van der Waals surface area contributed by atoms with E-state index in [2.05, 4.69) is 5.10 Å². The maximum absolute atomic E-state index is 11.9. The standard InChI is InChI=1S/C12H8Cl2N2O2/c13-9-3-1-8(2-4-9)11(17)7-16-12(18)10(14)5-6-15-16/h1-6H,7H2. The number of benzene rings is 1. The van der Waals surface area contributed by atoms with Crippen LogP contribution >= 0.6 is 23.2 Å². The molecule has 6 heteroatoms. The average molecular weight is 283 g/mol. The molecule has 0 bridgehead atoms. The molecule has 0 saturated heterocycles.